The van der Waals surface area contributed by atoms with Crippen LogP contribution in [0.4, 0.5) is 10.1 Å². The van der Waals surface area contributed by atoms with Gasteiger partial charge in [-0.3, -0.25) is 4.31 Å². The minimum atomic E-state index is -3.79. The largest absolute Gasteiger partial charge is 0.264 e. The monoisotopic (exact) mass is 407 g/mol. The molecule has 3 nitrogen and oxygen atoms in total. The lowest BCUT2D eigenvalue weighted by Gasteiger charge is -2.27. The summed E-state index contributed by atoms with van der Waals surface area (Å²) in [6.45, 7) is 2.15. The summed E-state index contributed by atoms with van der Waals surface area (Å²) in [6.07, 6.45) is 3.74. The van der Waals surface area contributed by atoms with E-state index < -0.39 is 15.8 Å². The van der Waals surface area contributed by atoms with E-state index >= 15 is 0 Å². The standard InChI is InChI=1S/C24H22FNO2S/c1-18-6-14-24(15-7-18)29(27,28)26(23-12-10-22(25)11-13-23)17-19-8-9-20-4-2-3-5-21(20)16-19/h2-7,10-16H,8-9,17H2,1H3. The molecule has 0 heterocycles. The second-order valence-corrected chi connectivity index (χ2v) is 9.16. The Labute approximate surface area is 171 Å². The number of hydrogen-bond acceptors (Lipinski definition) is 2. The maximum absolute atomic E-state index is 13.5. The van der Waals surface area contributed by atoms with E-state index in [4.69, 9.17) is 0 Å². The molecule has 0 fully saturated rings. The smallest absolute Gasteiger partial charge is 0.262 e. The van der Waals surface area contributed by atoms with E-state index in [0.29, 0.717) is 5.69 Å². The van der Waals surface area contributed by atoms with Gasteiger partial charge in [-0.05, 0) is 72.9 Å². The number of aryl methyl sites for hydroxylation is 2. The van der Waals surface area contributed by atoms with Crippen LogP contribution in [-0.2, 0) is 16.4 Å². The van der Waals surface area contributed by atoms with Gasteiger partial charge in [-0.1, -0.05) is 48.0 Å². The highest BCUT2D eigenvalue weighted by Crippen LogP contribution is 2.29. The summed E-state index contributed by atoms with van der Waals surface area (Å²) in [6, 6.07) is 20.6. The number of halogens is 1. The Balaban J connectivity index is 1.74. The second-order valence-electron chi connectivity index (χ2n) is 7.30. The minimum Gasteiger partial charge on any atom is -0.262 e. The van der Waals surface area contributed by atoms with E-state index in [1.54, 1.807) is 24.3 Å². The van der Waals surface area contributed by atoms with E-state index in [1.807, 2.05) is 25.1 Å². The molecule has 0 radical (unpaired) electrons. The molecule has 0 atom stereocenters. The van der Waals surface area contributed by atoms with Gasteiger partial charge < -0.3 is 0 Å². The molecule has 0 saturated carbocycles. The molecule has 0 aromatic heterocycles. The van der Waals surface area contributed by atoms with Gasteiger partial charge in [-0.25, -0.2) is 12.8 Å². The molecule has 0 amide bonds. The number of anilines is 1. The van der Waals surface area contributed by atoms with Crippen LogP contribution in [0, 0.1) is 12.7 Å². The van der Waals surface area contributed by atoms with E-state index in [1.165, 1.54) is 34.1 Å². The molecule has 0 saturated heterocycles. The van der Waals surface area contributed by atoms with E-state index in [0.717, 1.165) is 29.5 Å². The van der Waals surface area contributed by atoms with Crippen molar-refractivity contribution in [1.82, 2.24) is 0 Å². The predicted octanol–water partition coefficient (Wildman–Crippen LogP) is 5.36. The molecule has 5 heteroatoms. The van der Waals surface area contributed by atoms with Gasteiger partial charge in [0.1, 0.15) is 5.82 Å². The van der Waals surface area contributed by atoms with Crippen molar-refractivity contribution >= 4 is 21.8 Å². The van der Waals surface area contributed by atoms with Crippen molar-refractivity contribution in [2.45, 2.75) is 24.7 Å². The molecule has 148 valence electrons. The number of benzene rings is 3. The van der Waals surface area contributed by atoms with Gasteiger partial charge in [0.25, 0.3) is 10.0 Å². The molecule has 3 aromatic carbocycles. The lowest BCUT2D eigenvalue weighted by atomic mass is 9.92. The van der Waals surface area contributed by atoms with Crippen molar-refractivity contribution in [3.63, 3.8) is 0 Å². The summed E-state index contributed by atoms with van der Waals surface area (Å²) in [5.41, 5.74) is 4.87. The Kier molecular flexibility index (Phi) is 5.24. The summed E-state index contributed by atoms with van der Waals surface area (Å²) in [4.78, 5) is 0.226. The number of sulfonamides is 1. The Bertz CT molecular complexity index is 1150. The summed E-state index contributed by atoms with van der Waals surface area (Å²) < 4.78 is 41.7. The van der Waals surface area contributed by atoms with Gasteiger partial charge in [0, 0.05) is 0 Å². The topological polar surface area (TPSA) is 37.4 Å². The zero-order chi connectivity index (χ0) is 20.4. The van der Waals surface area contributed by atoms with Crippen LogP contribution in [0.3, 0.4) is 0 Å². The highest BCUT2D eigenvalue weighted by atomic mass is 32.2. The molecule has 0 aliphatic heterocycles. The summed E-state index contributed by atoms with van der Waals surface area (Å²) in [5.74, 6) is -0.396. The fourth-order valence-electron chi connectivity index (χ4n) is 3.56. The van der Waals surface area contributed by atoms with Gasteiger partial charge >= 0.3 is 0 Å². The maximum Gasteiger partial charge on any atom is 0.264 e. The summed E-state index contributed by atoms with van der Waals surface area (Å²) in [7, 11) is -3.79. The summed E-state index contributed by atoms with van der Waals surface area (Å²) >= 11 is 0. The fraction of sp³-hybridized carbons (Fsp3) is 0.167. The fourth-order valence-corrected chi connectivity index (χ4v) is 5.03. The van der Waals surface area contributed by atoms with Crippen molar-refractivity contribution < 1.29 is 12.8 Å². The first-order valence-electron chi connectivity index (χ1n) is 9.56. The molecule has 1 aliphatic rings. The van der Waals surface area contributed by atoms with E-state index in [2.05, 4.69) is 12.1 Å². The van der Waals surface area contributed by atoms with Gasteiger partial charge in [0.05, 0.1) is 17.1 Å². The van der Waals surface area contributed by atoms with Crippen molar-refractivity contribution in [2.24, 2.45) is 0 Å². The highest BCUT2D eigenvalue weighted by molar-refractivity contribution is 7.92. The third-order valence-corrected chi connectivity index (χ3v) is 6.99. The van der Waals surface area contributed by atoms with Crippen LogP contribution in [0.2, 0.25) is 0 Å². The van der Waals surface area contributed by atoms with Crippen LogP contribution < -0.4 is 4.31 Å². The number of nitrogens with zero attached hydrogens (tertiary/aromatic N) is 1. The highest BCUT2D eigenvalue weighted by Gasteiger charge is 2.26. The third kappa shape index (κ3) is 4.10. The quantitative estimate of drug-likeness (QED) is 0.571. The van der Waals surface area contributed by atoms with Crippen LogP contribution >= 0.6 is 0 Å². The van der Waals surface area contributed by atoms with Crippen LogP contribution in [0.1, 0.15) is 23.1 Å². The Hall–Kier alpha value is -2.92. The minimum absolute atomic E-state index is 0.226. The van der Waals surface area contributed by atoms with Crippen LogP contribution in [0.15, 0.2) is 83.3 Å². The zero-order valence-corrected chi connectivity index (χ0v) is 17.0. The Morgan fingerprint density at radius 1 is 0.897 bits per heavy atom. The number of hydrogen-bond donors (Lipinski definition) is 0. The average Bonchev–Trinajstić information content (AvgIpc) is 2.73. The molecule has 1 aliphatic carbocycles. The maximum atomic E-state index is 13.5. The zero-order valence-electron chi connectivity index (χ0n) is 16.2. The molecular formula is C24H22FNO2S. The molecule has 4 rings (SSSR count). The van der Waals surface area contributed by atoms with Crippen molar-refractivity contribution in [2.75, 3.05) is 10.8 Å². The molecule has 29 heavy (non-hydrogen) atoms. The first-order chi connectivity index (χ1) is 13.9. The second kappa shape index (κ2) is 7.84. The predicted molar refractivity (Wildman–Crippen MR) is 115 cm³/mol. The molecule has 0 N–H and O–H groups in total. The van der Waals surface area contributed by atoms with Crippen molar-refractivity contribution in [3.8, 4) is 0 Å². The Morgan fingerprint density at radius 3 is 2.31 bits per heavy atom. The van der Waals surface area contributed by atoms with Crippen molar-refractivity contribution in [1.29, 1.82) is 0 Å². The molecular weight excluding hydrogens is 385 g/mol. The number of rotatable bonds is 5. The van der Waals surface area contributed by atoms with Gasteiger partial charge in [-0.2, -0.15) is 0 Å². The first kappa shape index (κ1) is 19.4. The van der Waals surface area contributed by atoms with E-state index in [-0.39, 0.29) is 11.4 Å². The first-order valence-corrected chi connectivity index (χ1v) is 11.0. The normalized spacial score (nSPS) is 13.5. The molecule has 0 bridgehead atoms. The van der Waals surface area contributed by atoms with Crippen LogP contribution in [0.25, 0.3) is 6.08 Å². The van der Waals surface area contributed by atoms with Crippen molar-refractivity contribution in [3.05, 3.63) is 101 Å². The molecule has 0 spiro atoms. The Morgan fingerprint density at radius 2 is 1.59 bits per heavy atom. The lowest BCUT2D eigenvalue weighted by molar-refractivity contribution is 0.591. The summed E-state index contributed by atoms with van der Waals surface area (Å²) in [5, 5.41) is 0. The van der Waals surface area contributed by atoms with Gasteiger partial charge in [0.2, 0.25) is 0 Å². The average molecular weight is 408 g/mol. The van der Waals surface area contributed by atoms with Gasteiger partial charge in [0.15, 0.2) is 0 Å². The SMILES string of the molecule is Cc1ccc(S(=O)(=O)N(CC2=Cc3ccccc3CC2)c2ccc(F)cc2)cc1. The lowest BCUT2D eigenvalue weighted by Crippen LogP contribution is -2.33. The third-order valence-electron chi connectivity index (χ3n) is 5.20. The van der Waals surface area contributed by atoms with Gasteiger partial charge in [-0.15, -0.1) is 0 Å². The van der Waals surface area contributed by atoms with Crippen LogP contribution in [0.5, 0.6) is 0 Å². The molecule has 3 aromatic rings. The number of fused-ring (bicyclic) bond motifs is 1. The van der Waals surface area contributed by atoms with Crippen LogP contribution in [-0.4, -0.2) is 15.0 Å². The van der Waals surface area contributed by atoms with E-state index in [9.17, 15) is 12.8 Å². The molecule has 0 unspecified atom stereocenters.